The maximum absolute atomic E-state index is 3.47. The maximum atomic E-state index is 3.47. The molecule has 0 atom stereocenters. The van der Waals surface area contributed by atoms with Crippen molar-refractivity contribution >= 4 is 11.3 Å². The first-order valence-electron chi connectivity index (χ1n) is 6.55. The lowest BCUT2D eigenvalue weighted by atomic mass is 10.0. The van der Waals surface area contributed by atoms with E-state index in [9.17, 15) is 0 Å². The molecule has 0 aromatic heterocycles. The van der Waals surface area contributed by atoms with E-state index in [1.165, 1.54) is 11.1 Å². The zero-order chi connectivity index (χ0) is 13.5. The summed E-state index contributed by atoms with van der Waals surface area (Å²) >= 11 is 0. The van der Waals surface area contributed by atoms with E-state index in [4.69, 9.17) is 0 Å². The monoisotopic (exact) mass is 249 g/mol. The molecular formula is C18H19N. The predicted octanol–water partition coefficient (Wildman–Crippen LogP) is 5.11. The van der Waals surface area contributed by atoms with Crippen LogP contribution in [0.3, 0.4) is 0 Å². The van der Waals surface area contributed by atoms with E-state index < -0.39 is 0 Å². The third-order valence-corrected chi connectivity index (χ3v) is 3.01. The average Bonchev–Trinajstić information content (AvgIpc) is 2.49. The van der Waals surface area contributed by atoms with Crippen LogP contribution in [0.25, 0.3) is 5.57 Å². The minimum absolute atomic E-state index is 1.10. The van der Waals surface area contributed by atoms with Gasteiger partial charge in [-0.15, -0.1) is 0 Å². The molecule has 0 bridgehead atoms. The highest BCUT2D eigenvalue weighted by molar-refractivity contribution is 5.82. The van der Waals surface area contributed by atoms with E-state index in [-0.39, 0.29) is 0 Å². The molecule has 0 aliphatic carbocycles. The zero-order valence-corrected chi connectivity index (χ0v) is 11.4. The van der Waals surface area contributed by atoms with E-state index in [0.29, 0.717) is 0 Å². The second kappa shape index (κ2) is 6.60. The van der Waals surface area contributed by atoms with Gasteiger partial charge in [0.2, 0.25) is 0 Å². The van der Waals surface area contributed by atoms with E-state index in [1.807, 2.05) is 24.3 Å². The molecule has 0 heterocycles. The normalized spacial score (nSPS) is 12.3. The molecule has 0 saturated heterocycles. The van der Waals surface area contributed by atoms with E-state index >= 15 is 0 Å². The SMILES string of the molecule is C/C=C(\C(=C/C)Nc1ccccc1)c1ccccc1. The van der Waals surface area contributed by atoms with Gasteiger partial charge in [0.25, 0.3) is 0 Å². The fraction of sp³-hybridized carbons (Fsp3) is 0.111. The van der Waals surface area contributed by atoms with Crippen LogP contribution in [-0.2, 0) is 0 Å². The second-order valence-electron chi connectivity index (χ2n) is 4.26. The molecule has 2 aromatic carbocycles. The summed E-state index contributed by atoms with van der Waals surface area (Å²) in [6.07, 6.45) is 4.25. The maximum Gasteiger partial charge on any atom is 0.0417 e. The first-order valence-corrected chi connectivity index (χ1v) is 6.55. The molecule has 1 N–H and O–H groups in total. The van der Waals surface area contributed by atoms with Gasteiger partial charge in [0.15, 0.2) is 0 Å². The molecule has 2 aromatic rings. The summed E-state index contributed by atoms with van der Waals surface area (Å²) in [7, 11) is 0. The number of benzene rings is 2. The van der Waals surface area contributed by atoms with Crippen molar-refractivity contribution in [2.45, 2.75) is 13.8 Å². The molecule has 2 rings (SSSR count). The fourth-order valence-electron chi connectivity index (χ4n) is 2.07. The van der Waals surface area contributed by atoms with Gasteiger partial charge in [-0.05, 0) is 31.5 Å². The average molecular weight is 249 g/mol. The van der Waals surface area contributed by atoms with Crippen LogP contribution in [0.5, 0.6) is 0 Å². The van der Waals surface area contributed by atoms with Crippen molar-refractivity contribution in [3.63, 3.8) is 0 Å². The minimum Gasteiger partial charge on any atom is -0.355 e. The largest absolute Gasteiger partial charge is 0.355 e. The van der Waals surface area contributed by atoms with Crippen LogP contribution in [0, 0.1) is 0 Å². The lowest BCUT2D eigenvalue weighted by Gasteiger charge is -2.14. The molecule has 96 valence electrons. The van der Waals surface area contributed by atoms with Gasteiger partial charge in [0.1, 0.15) is 0 Å². The van der Waals surface area contributed by atoms with Gasteiger partial charge in [-0.2, -0.15) is 0 Å². The molecule has 1 heteroatoms. The molecule has 0 fully saturated rings. The van der Waals surface area contributed by atoms with Crippen LogP contribution < -0.4 is 5.32 Å². The van der Waals surface area contributed by atoms with E-state index in [2.05, 4.69) is 67.7 Å². The van der Waals surface area contributed by atoms with E-state index in [1.54, 1.807) is 0 Å². The number of nitrogens with one attached hydrogen (secondary N) is 1. The molecule has 0 spiro atoms. The van der Waals surface area contributed by atoms with Gasteiger partial charge in [-0.3, -0.25) is 0 Å². The van der Waals surface area contributed by atoms with Gasteiger partial charge < -0.3 is 5.32 Å². The lowest BCUT2D eigenvalue weighted by Crippen LogP contribution is -2.02. The lowest BCUT2D eigenvalue weighted by molar-refractivity contribution is 1.42. The van der Waals surface area contributed by atoms with Crippen molar-refractivity contribution in [2.75, 3.05) is 5.32 Å². The minimum atomic E-state index is 1.10. The molecule has 0 aliphatic heterocycles. The van der Waals surface area contributed by atoms with Crippen LogP contribution in [0.15, 0.2) is 78.5 Å². The number of allylic oxidation sites excluding steroid dienone is 3. The highest BCUT2D eigenvalue weighted by Crippen LogP contribution is 2.24. The highest BCUT2D eigenvalue weighted by Gasteiger charge is 2.06. The van der Waals surface area contributed by atoms with Crippen molar-refractivity contribution in [2.24, 2.45) is 0 Å². The van der Waals surface area contributed by atoms with Crippen LogP contribution in [-0.4, -0.2) is 0 Å². The molecule has 1 nitrogen and oxygen atoms in total. The van der Waals surface area contributed by atoms with Gasteiger partial charge in [-0.25, -0.2) is 0 Å². The Kier molecular flexibility index (Phi) is 4.57. The summed E-state index contributed by atoms with van der Waals surface area (Å²) in [6.45, 7) is 4.12. The highest BCUT2D eigenvalue weighted by atomic mass is 14.9. The molecule has 0 unspecified atom stereocenters. The summed E-state index contributed by atoms with van der Waals surface area (Å²) in [5, 5.41) is 3.47. The van der Waals surface area contributed by atoms with Crippen molar-refractivity contribution in [3.05, 3.63) is 84.1 Å². The van der Waals surface area contributed by atoms with Crippen LogP contribution in [0.1, 0.15) is 19.4 Å². The first-order chi connectivity index (χ1) is 9.35. The van der Waals surface area contributed by atoms with Gasteiger partial charge in [-0.1, -0.05) is 60.7 Å². The Bertz CT molecular complexity index is 565. The van der Waals surface area contributed by atoms with Crippen molar-refractivity contribution in [1.29, 1.82) is 0 Å². The predicted molar refractivity (Wildman–Crippen MR) is 83.9 cm³/mol. The second-order valence-corrected chi connectivity index (χ2v) is 4.26. The zero-order valence-electron chi connectivity index (χ0n) is 11.4. The standard InChI is InChI=1S/C18H19N/c1-3-17(15-11-7-5-8-12-15)18(4-2)19-16-13-9-6-10-14-16/h3-14,19H,1-2H3/b17-3-,18-4+. The fourth-order valence-corrected chi connectivity index (χ4v) is 2.07. The molecule has 0 aliphatic rings. The van der Waals surface area contributed by atoms with E-state index in [0.717, 1.165) is 11.4 Å². The Labute approximate surface area is 115 Å². The summed E-state index contributed by atoms with van der Waals surface area (Å²) < 4.78 is 0. The topological polar surface area (TPSA) is 12.0 Å². The molecule has 0 radical (unpaired) electrons. The molecule has 0 amide bonds. The Morgan fingerprint density at radius 2 is 1.37 bits per heavy atom. The van der Waals surface area contributed by atoms with Gasteiger partial charge in [0.05, 0.1) is 0 Å². The number of hydrogen-bond acceptors (Lipinski definition) is 1. The quantitative estimate of drug-likeness (QED) is 0.743. The van der Waals surface area contributed by atoms with Crippen LogP contribution in [0.4, 0.5) is 5.69 Å². The summed E-state index contributed by atoms with van der Waals surface area (Å²) in [5.41, 5.74) is 4.67. The van der Waals surface area contributed by atoms with Crippen LogP contribution >= 0.6 is 0 Å². The summed E-state index contributed by atoms with van der Waals surface area (Å²) in [5.74, 6) is 0. The van der Waals surface area contributed by atoms with Crippen molar-refractivity contribution < 1.29 is 0 Å². The third kappa shape index (κ3) is 3.35. The summed E-state index contributed by atoms with van der Waals surface area (Å²) in [6, 6.07) is 20.7. The summed E-state index contributed by atoms with van der Waals surface area (Å²) in [4.78, 5) is 0. The number of anilines is 1. The third-order valence-electron chi connectivity index (χ3n) is 3.01. The van der Waals surface area contributed by atoms with Crippen LogP contribution in [0.2, 0.25) is 0 Å². The molecule has 0 saturated carbocycles. The molecule has 19 heavy (non-hydrogen) atoms. The number of rotatable bonds is 4. The van der Waals surface area contributed by atoms with Gasteiger partial charge in [0, 0.05) is 17.0 Å². The Hall–Kier alpha value is -2.28. The number of para-hydroxylation sites is 1. The van der Waals surface area contributed by atoms with Gasteiger partial charge >= 0.3 is 0 Å². The Balaban J connectivity index is 2.27. The first kappa shape index (κ1) is 13.2. The smallest absolute Gasteiger partial charge is 0.0417 e. The Morgan fingerprint density at radius 1 is 0.789 bits per heavy atom. The van der Waals surface area contributed by atoms with Crippen molar-refractivity contribution in [3.8, 4) is 0 Å². The Morgan fingerprint density at radius 3 is 1.89 bits per heavy atom. The van der Waals surface area contributed by atoms with Crippen molar-refractivity contribution in [1.82, 2.24) is 0 Å². The number of hydrogen-bond donors (Lipinski definition) is 1. The molecular weight excluding hydrogens is 230 g/mol.